The molecule has 20 heavy (non-hydrogen) atoms. The van der Waals surface area contributed by atoms with E-state index < -0.39 is 0 Å². The molecule has 0 aromatic rings. The standard InChI is InChI=1S/C14H30N4O.HI/c1-3-15-14(17-9-13-19-4-2)16-8-12-18-10-6-5-7-11-18;/h3-13H2,1-2H3,(H2,15,16,17);1H. The van der Waals surface area contributed by atoms with Crippen LogP contribution in [0.15, 0.2) is 4.99 Å². The third kappa shape index (κ3) is 9.77. The number of piperidine rings is 1. The van der Waals surface area contributed by atoms with Crippen LogP contribution in [-0.2, 0) is 4.74 Å². The average Bonchev–Trinajstić information content (AvgIpc) is 2.44. The second kappa shape index (κ2) is 13.9. The van der Waals surface area contributed by atoms with Crippen LogP contribution in [-0.4, -0.2) is 63.3 Å². The third-order valence-corrected chi connectivity index (χ3v) is 3.22. The van der Waals surface area contributed by atoms with E-state index in [1.165, 1.54) is 32.4 Å². The van der Waals surface area contributed by atoms with Crippen molar-refractivity contribution in [2.45, 2.75) is 33.1 Å². The molecule has 1 fully saturated rings. The Labute approximate surface area is 140 Å². The predicted octanol–water partition coefficient (Wildman–Crippen LogP) is 1.68. The molecule has 0 aromatic heterocycles. The van der Waals surface area contributed by atoms with Gasteiger partial charge in [0.1, 0.15) is 0 Å². The second-order valence-corrected chi connectivity index (χ2v) is 4.79. The monoisotopic (exact) mass is 398 g/mol. The number of nitrogens with one attached hydrogen (secondary N) is 2. The summed E-state index contributed by atoms with van der Waals surface area (Å²) in [4.78, 5) is 7.11. The molecule has 5 nitrogen and oxygen atoms in total. The lowest BCUT2D eigenvalue weighted by Crippen LogP contribution is -2.40. The number of halogens is 1. The SMILES string of the molecule is CCNC(=NCCN1CCCCC1)NCCOCC.I. The summed E-state index contributed by atoms with van der Waals surface area (Å²) in [7, 11) is 0. The summed E-state index contributed by atoms with van der Waals surface area (Å²) in [6, 6.07) is 0. The lowest BCUT2D eigenvalue weighted by atomic mass is 10.1. The molecule has 0 saturated carbocycles. The Kier molecular flexibility index (Phi) is 13.8. The van der Waals surface area contributed by atoms with Crippen LogP contribution in [0.2, 0.25) is 0 Å². The smallest absolute Gasteiger partial charge is 0.191 e. The maximum Gasteiger partial charge on any atom is 0.191 e. The highest BCUT2D eigenvalue weighted by Crippen LogP contribution is 2.07. The Balaban J connectivity index is 0.00000361. The summed E-state index contributed by atoms with van der Waals surface area (Å²) >= 11 is 0. The molecule has 1 aliphatic heterocycles. The van der Waals surface area contributed by atoms with E-state index in [-0.39, 0.29) is 24.0 Å². The van der Waals surface area contributed by atoms with E-state index in [9.17, 15) is 0 Å². The van der Waals surface area contributed by atoms with E-state index in [0.717, 1.165) is 45.4 Å². The van der Waals surface area contributed by atoms with Crippen molar-refractivity contribution < 1.29 is 4.74 Å². The van der Waals surface area contributed by atoms with E-state index in [4.69, 9.17) is 4.74 Å². The highest BCUT2D eigenvalue weighted by atomic mass is 127. The largest absolute Gasteiger partial charge is 0.380 e. The Morgan fingerprint density at radius 3 is 2.55 bits per heavy atom. The molecule has 1 rings (SSSR count). The average molecular weight is 398 g/mol. The minimum Gasteiger partial charge on any atom is -0.380 e. The van der Waals surface area contributed by atoms with Crippen LogP contribution in [0.1, 0.15) is 33.1 Å². The van der Waals surface area contributed by atoms with Crippen LogP contribution in [0.3, 0.4) is 0 Å². The van der Waals surface area contributed by atoms with Gasteiger partial charge in [-0.1, -0.05) is 6.42 Å². The highest BCUT2D eigenvalue weighted by Gasteiger charge is 2.08. The van der Waals surface area contributed by atoms with E-state index in [2.05, 4.69) is 27.4 Å². The van der Waals surface area contributed by atoms with Crippen LogP contribution in [0.25, 0.3) is 0 Å². The van der Waals surface area contributed by atoms with Gasteiger partial charge in [0.25, 0.3) is 0 Å². The van der Waals surface area contributed by atoms with Crippen molar-refractivity contribution in [1.29, 1.82) is 0 Å². The Morgan fingerprint density at radius 2 is 1.90 bits per heavy atom. The summed E-state index contributed by atoms with van der Waals surface area (Å²) < 4.78 is 5.31. The molecule has 0 atom stereocenters. The highest BCUT2D eigenvalue weighted by molar-refractivity contribution is 14.0. The van der Waals surface area contributed by atoms with Gasteiger partial charge >= 0.3 is 0 Å². The van der Waals surface area contributed by atoms with E-state index >= 15 is 0 Å². The number of aliphatic imine (C=N–C) groups is 1. The Morgan fingerprint density at radius 1 is 1.15 bits per heavy atom. The summed E-state index contributed by atoms with van der Waals surface area (Å²) in [6.07, 6.45) is 4.08. The number of nitrogens with zero attached hydrogens (tertiary/aromatic N) is 2. The first kappa shape index (κ1) is 19.9. The van der Waals surface area contributed by atoms with Crippen molar-refractivity contribution in [1.82, 2.24) is 15.5 Å². The van der Waals surface area contributed by atoms with Gasteiger partial charge in [-0.2, -0.15) is 0 Å². The molecule has 1 heterocycles. The van der Waals surface area contributed by atoms with Gasteiger partial charge in [0.15, 0.2) is 5.96 Å². The minimum absolute atomic E-state index is 0. The first-order valence-corrected chi connectivity index (χ1v) is 7.69. The molecule has 0 amide bonds. The van der Waals surface area contributed by atoms with Gasteiger partial charge in [-0.25, -0.2) is 0 Å². The molecule has 0 aromatic carbocycles. The molecular weight excluding hydrogens is 367 g/mol. The number of guanidine groups is 1. The van der Waals surface area contributed by atoms with Gasteiger partial charge in [0, 0.05) is 26.2 Å². The fourth-order valence-electron chi connectivity index (χ4n) is 2.21. The van der Waals surface area contributed by atoms with Crippen molar-refractivity contribution in [2.75, 3.05) is 52.5 Å². The number of rotatable bonds is 8. The first-order chi connectivity index (χ1) is 9.36. The summed E-state index contributed by atoms with van der Waals surface area (Å²) in [5.74, 6) is 0.902. The topological polar surface area (TPSA) is 48.9 Å². The van der Waals surface area contributed by atoms with Gasteiger partial charge in [-0.15, -0.1) is 24.0 Å². The molecular formula is C14H31IN4O. The van der Waals surface area contributed by atoms with Crippen LogP contribution < -0.4 is 10.6 Å². The van der Waals surface area contributed by atoms with Crippen molar-refractivity contribution in [3.05, 3.63) is 0 Å². The molecule has 0 radical (unpaired) electrons. The van der Waals surface area contributed by atoms with Gasteiger partial charge in [0.2, 0.25) is 0 Å². The normalized spacial score (nSPS) is 16.6. The maximum absolute atomic E-state index is 5.31. The van der Waals surface area contributed by atoms with Crippen LogP contribution in [0.5, 0.6) is 0 Å². The number of hydrogen-bond donors (Lipinski definition) is 2. The summed E-state index contributed by atoms with van der Waals surface area (Å²) in [6.45, 7) is 11.7. The molecule has 0 aliphatic carbocycles. The lowest BCUT2D eigenvalue weighted by molar-refractivity contribution is 0.152. The fraction of sp³-hybridized carbons (Fsp3) is 0.929. The molecule has 0 unspecified atom stereocenters. The van der Waals surface area contributed by atoms with Crippen molar-refractivity contribution >= 4 is 29.9 Å². The molecule has 1 aliphatic rings. The van der Waals surface area contributed by atoms with E-state index in [1.807, 2.05) is 6.92 Å². The van der Waals surface area contributed by atoms with Crippen molar-refractivity contribution in [3.8, 4) is 0 Å². The number of hydrogen-bond acceptors (Lipinski definition) is 3. The summed E-state index contributed by atoms with van der Waals surface area (Å²) in [5, 5.41) is 6.55. The predicted molar refractivity (Wildman–Crippen MR) is 96.2 cm³/mol. The fourth-order valence-corrected chi connectivity index (χ4v) is 2.21. The zero-order valence-corrected chi connectivity index (χ0v) is 15.3. The molecule has 1 saturated heterocycles. The number of ether oxygens (including phenoxy) is 1. The quantitative estimate of drug-likeness (QED) is 0.283. The Bertz CT molecular complexity index is 245. The molecule has 120 valence electrons. The van der Waals surface area contributed by atoms with E-state index in [0.29, 0.717) is 0 Å². The second-order valence-electron chi connectivity index (χ2n) is 4.79. The van der Waals surface area contributed by atoms with Crippen molar-refractivity contribution in [2.24, 2.45) is 4.99 Å². The minimum atomic E-state index is 0. The van der Waals surface area contributed by atoms with E-state index in [1.54, 1.807) is 0 Å². The first-order valence-electron chi connectivity index (χ1n) is 7.69. The molecule has 6 heteroatoms. The van der Waals surface area contributed by atoms with Gasteiger partial charge in [-0.3, -0.25) is 4.99 Å². The number of likely N-dealkylation sites (tertiary alicyclic amines) is 1. The zero-order valence-electron chi connectivity index (χ0n) is 13.0. The van der Waals surface area contributed by atoms with Gasteiger partial charge in [0.05, 0.1) is 13.2 Å². The third-order valence-electron chi connectivity index (χ3n) is 3.22. The molecule has 0 spiro atoms. The zero-order chi connectivity index (χ0) is 13.8. The Hall–Kier alpha value is -0.0800. The molecule has 2 N–H and O–H groups in total. The molecule has 0 bridgehead atoms. The lowest BCUT2D eigenvalue weighted by Gasteiger charge is -2.25. The van der Waals surface area contributed by atoms with Crippen LogP contribution in [0.4, 0.5) is 0 Å². The maximum atomic E-state index is 5.31. The van der Waals surface area contributed by atoms with Gasteiger partial charge < -0.3 is 20.3 Å². The van der Waals surface area contributed by atoms with Gasteiger partial charge in [-0.05, 0) is 39.8 Å². The van der Waals surface area contributed by atoms with Crippen LogP contribution in [0, 0.1) is 0 Å². The summed E-state index contributed by atoms with van der Waals surface area (Å²) in [5.41, 5.74) is 0. The van der Waals surface area contributed by atoms with Crippen molar-refractivity contribution in [3.63, 3.8) is 0 Å². The van der Waals surface area contributed by atoms with Crippen LogP contribution >= 0.6 is 24.0 Å².